The Bertz CT molecular complexity index is 32.7. The second-order valence-corrected chi connectivity index (χ2v) is 3.17. The van der Waals surface area contributed by atoms with Gasteiger partial charge in [0, 0.05) is 0 Å². The molecule has 0 bridgehead atoms. The van der Waals surface area contributed by atoms with Crippen LogP contribution in [0.5, 0.6) is 0 Å². The molecule has 0 aromatic heterocycles. The molecule has 0 saturated heterocycles. The second kappa shape index (κ2) is 5.40. The molecule has 1 nitrogen and oxygen atoms in total. The summed E-state index contributed by atoms with van der Waals surface area (Å²) in [7, 11) is 0. The average Bonchev–Trinajstić information content (AvgIpc) is 1.36. The zero-order valence-electron chi connectivity index (χ0n) is 4.60. The lowest BCUT2D eigenvalue weighted by atomic mass is 10.2. The van der Waals surface area contributed by atoms with Gasteiger partial charge in [0.25, 0.3) is 16.3 Å². The van der Waals surface area contributed by atoms with Crippen LogP contribution in [0.4, 0.5) is 0 Å². The molecule has 0 spiro atoms. The summed E-state index contributed by atoms with van der Waals surface area (Å²) in [5.41, 5.74) is 0. The predicted octanol–water partition coefficient (Wildman–Crippen LogP) is -1.32. The van der Waals surface area contributed by atoms with Crippen LogP contribution in [0, 0.1) is 5.92 Å². The largest absolute Gasteiger partial charge is 0.409 e. The van der Waals surface area contributed by atoms with Crippen LogP contribution in [0.2, 0.25) is 0 Å². The maximum atomic E-state index is 8.69. The second-order valence-electron chi connectivity index (χ2n) is 1.98. The van der Waals surface area contributed by atoms with E-state index in [4.69, 9.17) is 5.11 Å². The van der Waals surface area contributed by atoms with Crippen molar-refractivity contribution in [2.24, 2.45) is 5.92 Å². The van der Waals surface area contributed by atoms with Crippen molar-refractivity contribution in [2.75, 3.05) is 0 Å². The Morgan fingerprint density at radius 1 is 1.43 bits per heavy atom. The van der Waals surface area contributed by atoms with Gasteiger partial charge in [-0.15, -0.1) is 0 Å². The Labute approximate surface area is 69.1 Å². The summed E-state index contributed by atoms with van der Waals surface area (Å²) in [4.78, 5) is -0.00926. The van der Waals surface area contributed by atoms with Crippen molar-refractivity contribution in [3.05, 3.63) is 0 Å². The molecule has 0 aromatic rings. The number of aliphatic hydroxyl groups is 1. The molecule has 0 rings (SSSR count). The Morgan fingerprint density at radius 3 is 1.57 bits per heavy atom. The summed E-state index contributed by atoms with van der Waals surface area (Å²) in [6.45, 7) is 4.05. The van der Waals surface area contributed by atoms with Crippen LogP contribution in [-0.2, 0) is 0 Å². The molecule has 1 unspecified atom stereocenters. The van der Waals surface area contributed by atoms with Crippen LogP contribution in [-0.4, -0.2) is 49.4 Å². The van der Waals surface area contributed by atoms with E-state index in [2.05, 4.69) is 0 Å². The molecule has 0 aliphatic carbocycles. The maximum Gasteiger partial charge on any atom is 0.316 e. The third-order valence-electron chi connectivity index (χ3n) is 0.965. The highest BCUT2D eigenvalue weighted by Gasteiger charge is 1.98. The SMILES string of the molecule is CC(C)[CH](O)[AlH2].[MgH2]. The number of hydrogen-bond acceptors (Lipinski definition) is 1. The Balaban J connectivity index is 0. The first-order chi connectivity index (χ1) is 2.64. The number of aliphatic hydroxyl groups excluding tert-OH is 1. The first-order valence-electron chi connectivity index (χ1n) is 2.32. The van der Waals surface area contributed by atoms with Gasteiger partial charge in [0.15, 0.2) is 0 Å². The first-order valence-corrected chi connectivity index (χ1v) is 3.48. The molecule has 1 atom stereocenters. The number of rotatable bonds is 1. The molecule has 0 heterocycles. The highest BCUT2D eigenvalue weighted by atomic mass is 27.0. The lowest BCUT2D eigenvalue weighted by Gasteiger charge is -2.04. The molecular formula is C4H13AlMgO. The monoisotopic (exact) mass is 128 g/mol. The van der Waals surface area contributed by atoms with Crippen LogP contribution < -0.4 is 0 Å². The van der Waals surface area contributed by atoms with Gasteiger partial charge in [0.2, 0.25) is 0 Å². The van der Waals surface area contributed by atoms with Crippen molar-refractivity contribution >= 4 is 39.3 Å². The minimum atomic E-state index is -0.00926. The topological polar surface area (TPSA) is 20.2 Å². The third kappa shape index (κ3) is 7.26. The fourth-order valence-corrected chi connectivity index (χ4v) is 0. The molecule has 0 aromatic carbocycles. The number of hydrogen-bond donors (Lipinski definition) is 1. The predicted molar refractivity (Wildman–Crippen MR) is 37.9 cm³/mol. The van der Waals surface area contributed by atoms with Crippen LogP contribution in [0.25, 0.3) is 0 Å². The van der Waals surface area contributed by atoms with Crippen molar-refractivity contribution in [3.8, 4) is 0 Å². The van der Waals surface area contributed by atoms with Gasteiger partial charge in [0.05, 0.1) is 0 Å². The van der Waals surface area contributed by atoms with Crippen molar-refractivity contribution in [3.63, 3.8) is 0 Å². The summed E-state index contributed by atoms with van der Waals surface area (Å²) < 4.78 is 0. The van der Waals surface area contributed by atoms with Crippen LogP contribution in [0.1, 0.15) is 13.8 Å². The van der Waals surface area contributed by atoms with Crippen LogP contribution in [0.15, 0.2) is 0 Å². The lowest BCUT2D eigenvalue weighted by molar-refractivity contribution is 0.204. The Hall–Kier alpha value is 1.26. The Kier molecular flexibility index (Phi) is 8.56. The van der Waals surface area contributed by atoms with Gasteiger partial charge in [-0.05, 0) is 10.9 Å². The van der Waals surface area contributed by atoms with E-state index in [-0.39, 0.29) is 28.0 Å². The molecule has 0 aliphatic rings. The van der Waals surface area contributed by atoms with Gasteiger partial charge < -0.3 is 5.11 Å². The summed E-state index contributed by atoms with van der Waals surface area (Å²) in [6.07, 6.45) is 0. The lowest BCUT2D eigenvalue weighted by Crippen LogP contribution is -2.12. The van der Waals surface area contributed by atoms with Gasteiger partial charge in [-0.3, -0.25) is 0 Å². The molecule has 3 heteroatoms. The van der Waals surface area contributed by atoms with Crippen molar-refractivity contribution in [2.45, 2.75) is 18.8 Å². The average molecular weight is 128 g/mol. The molecular weight excluding hydrogens is 115 g/mol. The zero-order valence-corrected chi connectivity index (χ0v) is 6.60. The van der Waals surface area contributed by atoms with Gasteiger partial charge in [0.1, 0.15) is 0 Å². The standard InChI is InChI=1S/C4H9O.Al.Mg.4H/c1-4(2)3-5;;;;;;/h3-5H,1-2H3;;;;;;. The van der Waals surface area contributed by atoms with Crippen LogP contribution in [0.3, 0.4) is 0 Å². The summed E-state index contributed by atoms with van der Waals surface area (Å²) in [5, 5.41) is 8.69. The van der Waals surface area contributed by atoms with E-state index >= 15 is 0 Å². The van der Waals surface area contributed by atoms with Gasteiger partial charge >= 0.3 is 23.1 Å². The smallest absolute Gasteiger partial charge is 0.316 e. The van der Waals surface area contributed by atoms with E-state index in [9.17, 15) is 0 Å². The molecule has 0 aliphatic heterocycles. The molecule has 0 radical (unpaired) electrons. The van der Waals surface area contributed by atoms with Crippen molar-refractivity contribution in [1.82, 2.24) is 0 Å². The molecule has 0 fully saturated rings. The third-order valence-corrected chi connectivity index (χ3v) is 2.30. The quantitative estimate of drug-likeness (QED) is 0.434. The van der Waals surface area contributed by atoms with Crippen LogP contribution >= 0.6 is 0 Å². The van der Waals surface area contributed by atoms with E-state index in [1.54, 1.807) is 0 Å². The Morgan fingerprint density at radius 2 is 1.57 bits per heavy atom. The fraction of sp³-hybridized carbons (Fsp3) is 1.00. The van der Waals surface area contributed by atoms with Crippen molar-refractivity contribution < 1.29 is 5.11 Å². The summed E-state index contributed by atoms with van der Waals surface area (Å²) >= 11 is 0.909. The van der Waals surface area contributed by atoms with E-state index in [1.165, 1.54) is 0 Å². The first kappa shape index (κ1) is 11.1. The highest BCUT2D eigenvalue weighted by Crippen LogP contribution is 1.93. The molecule has 7 heavy (non-hydrogen) atoms. The zero-order chi connectivity index (χ0) is 5.15. The van der Waals surface area contributed by atoms with Gasteiger partial charge in [-0.25, -0.2) is 0 Å². The normalized spacial score (nSPS) is 13.1. The van der Waals surface area contributed by atoms with Crippen molar-refractivity contribution in [1.29, 1.82) is 0 Å². The van der Waals surface area contributed by atoms with E-state index in [0.29, 0.717) is 5.92 Å². The van der Waals surface area contributed by atoms with Gasteiger partial charge in [-0.1, -0.05) is 13.8 Å². The maximum absolute atomic E-state index is 8.69. The van der Waals surface area contributed by atoms with Gasteiger partial charge in [-0.2, -0.15) is 0 Å². The highest BCUT2D eigenvalue weighted by molar-refractivity contribution is 6.10. The van der Waals surface area contributed by atoms with E-state index < -0.39 is 0 Å². The molecule has 40 valence electrons. The molecule has 0 amide bonds. The van der Waals surface area contributed by atoms with E-state index in [1.807, 2.05) is 13.8 Å². The minimum Gasteiger partial charge on any atom is -0.409 e. The summed E-state index contributed by atoms with van der Waals surface area (Å²) in [5.74, 6) is 0.469. The van der Waals surface area contributed by atoms with E-state index in [0.717, 1.165) is 16.3 Å². The minimum absolute atomic E-state index is 0. The molecule has 1 N–H and O–H groups in total. The molecule has 0 saturated carbocycles. The summed E-state index contributed by atoms with van der Waals surface area (Å²) in [6, 6.07) is 0. The fourth-order valence-electron chi connectivity index (χ4n) is 0.